The third kappa shape index (κ3) is 4.14. The first kappa shape index (κ1) is 23.3. The maximum atomic E-state index is 3.68. The minimum absolute atomic E-state index is 1.08. The van der Waals surface area contributed by atoms with Crippen LogP contribution in [0.2, 0.25) is 19.6 Å². The average molecular weight is 491 g/mol. The van der Waals surface area contributed by atoms with Crippen LogP contribution in [0.3, 0.4) is 0 Å². The molecule has 0 aliphatic carbocycles. The van der Waals surface area contributed by atoms with E-state index in [4.69, 9.17) is 0 Å². The van der Waals surface area contributed by atoms with Crippen LogP contribution in [-0.2, 0) is 0 Å². The molecule has 0 radical (unpaired) electrons. The standard InChI is InChI=1S/C36H30Si/c1-25-18-19-26(30-15-9-8-14-29(25)30)20-22-32-31-16-10-11-17-33(31)36(27-12-6-5-7-13-27)34-23-21-28(24-35(32)34)37(2,3)4/h5-19,21,23-24H,1-4H3. The molecule has 0 spiro atoms. The van der Waals surface area contributed by atoms with Crippen molar-refractivity contribution < 1.29 is 0 Å². The molecule has 37 heavy (non-hydrogen) atoms. The van der Waals surface area contributed by atoms with Crippen molar-refractivity contribution in [3.63, 3.8) is 0 Å². The second kappa shape index (κ2) is 9.07. The van der Waals surface area contributed by atoms with E-state index in [-0.39, 0.29) is 0 Å². The SMILES string of the molecule is Cc1ccc(C#Cc2c3ccccc3c(-c3ccccc3)c3ccc([Si](C)(C)C)cc23)c2ccccc12. The second-order valence-corrected chi connectivity index (χ2v) is 16.0. The quantitative estimate of drug-likeness (QED) is 0.129. The van der Waals surface area contributed by atoms with Crippen molar-refractivity contribution in [2.45, 2.75) is 26.6 Å². The summed E-state index contributed by atoms with van der Waals surface area (Å²) in [4.78, 5) is 0. The Balaban J connectivity index is 1.72. The van der Waals surface area contributed by atoms with Gasteiger partial charge < -0.3 is 0 Å². The van der Waals surface area contributed by atoms with Crippen LogP contribution >= 0.6 is 0 Å². The maximum absolute atomic E-state index is 3.68. The van der Waals surface area contributed by atoms with Crippen molar-refractivity contribution in [1.29, 1.82) is 0 Å². The van der Waals surface area contributed by atoms with E-state index in [9.17, 15) is 0 Å². The fraction of sp³-hybridized carbons (Fsp3) is 0.111. The summed E-state index contributed by atoms with van der Waals surface area (Å²) < 4.78 is 0. The summed E-state index contributed by atoms with van der Waals surface area (Å²) >= 11 is 0. The first-order chi connectivity index (χ1) is 17.9. The molecular formula is C36H30Si. The van der Waals surface area contributed by atoms with Crippen LogP contribution < -0.4 is 5.19 Å². The number of benzene rings is 6. The number of hydrogen-bond acceptors (Lipinski definition) is 0. The molecule has 0 fully saturated rings. The highest BCUT2D eigenvalue weighted by atomic mass is 28.3. The lowest BCUT2D eigenvalue weighted by Gasteiger charge is -2.20. The number of rotatable bonds is 2. The molecule has 0 atom stereocenters. The minimum Gasteiger partial charge on any atom is -0.0656 e. The van der Waals surface area contributed by atoms with Crippen LogP contribution in [0.4, 0.5) is 0 Å². The Morgan fingerprint density at radius 3 is 1.86 bits per heavy atom. The van der Waals surface area contributed by atoms with Crippen molar-refractivity contribution in [3.8, 4) is 23.0 Å². The summed E-state index contributed by atoms with van der Waals surface area (Å²) in [6.07, 6.45) is 0. The summed E-state index contributed by atoms with van der Waals surface area (Å²) in [5.41, 5.74) is 6.01. The van der Waals surface area contributed by atoms with Crippen LogP contribution in [0.5, 0.6) is 0 Å². The molecule has 0 aliphatic heterocycles. The number of fused-ring (bicyclic) bond motifs is 3. The highest BCUT2D eigenvalue weighted by Crippen LogP contribution is 2.39. The van der Waals surface area contributed by atoms with Gasteiger partial charge >= 0.3 is 0 Å². The molecule has 6 aromatic rings. The van der Waals surface area contributed by atoms with Gasteiger partial charge in [0.2, 0.25) is 0 Å². The summed E-state index contributed by atoms with van der Waals surface area (Å²) in [7, 11) is -1.52. The Morgan fingerprint density at radius 1 is 0.514 bits per heavy atom. The van der Waals surface area contributed by atoms with Crippen molar-refractivity contribution in [3.05, 3.63) is 126 Å². The predicted molar refractivity (Wildman–Crippen MR) is 165 cm³/mol. The minimum atomic E-state index is -1.52. The Bertz CT molecular complexity index is 1860. The van der Waals surface area contributed by atoms with Gasteiger partial charge in [0.25, 0.3) is 0 Å². The van der Waals surface area contributed by atoms with E-state index in [1.807, 2.05) is 0 Å². The highest BCUT2D eigenvalue weighted by molar-refractivity contribution is 6.88. The van der Waals surface area contributed by atoms with Crippen molar-refractivity contribution in [2.24, 2.45) is 0 Å². The first-order valence-corrected chi connectivity index (χ1v) is 16.5. The summed E-state index contributed by atoms with van der Waals surface area (Å²) in [6.45, 7) is 9.41. The molecule has 1 heteroatoms. The van der Waals surface area contributed by atoms with Crippen molar-refractivity contribution >= 4 is 45.6 Å². The zero-order valence-electron chi connectivity index (χ0n) is 21.9. The van der Waals surface area contributed by atoms with Gasteiger partial charge in [-0.3, -0.25) is 0 Å². The van der Waals surface area contributed by atoms with E-state index in [0.717, 1.165) is 11.1 Å². The zero-order chi connectivity index (χ0) is 25.6. The summed E-state index contributed by atoms with van der Waals surface area (Å²) in [6, 6.07) is 39.6. The van der Waals surface area contributed by atoms with E-state index in [1.165, 1.54) is 54.2 Å². The van der Waals surface area contributed by atoms with Crippen LogP contribution in [0.25, 0.3) is 43.4 Å². The van der Waals surface area contributed by atoms with E-state index in [0.29, 0.717) is 0 Å². The van der Waals surface area contributed by atoms with Gasteiger partial charge in [-0.1, -0.05) is 140 Å². The van der Waals surface area contributed by atoms with E-state index >= 15 is 0 Å². The largest absolute Gasteiger partial charge is 0.0776 e. The molecule has 6 aromatic carbocycles. The lowest BCUT2D eigenvalue weighted by atomic mass is 9.88. The van der Waals surface area contributed by atoms with E-state index in [2.05, 4.69) is 148 Å². The molecule has 0 heterocycles. The van der Waals surface area contributed by atoms with Crippen LogP contribution in [0, 0.1) is 18.8 Å². The molecule has 0 saturated heterocycles. The topological polar surface area (TPSA) is 0 Å². The summed E-state index contributed by atoms with van der Waals surface area (Å²) in [5.74, 6) is 7.28. The normalized spacial score (nSPS) is 11.6. The number of aryl methyl sites for hydroxylation is 1. The molecule has 0 aliphatic rings. The molecule has 0 amide bonds. The molecule has 0 N–H and O–H groups in total. The van der Waals surface area contributed by atoms with Gasteiger partial charge in [-0.05, 0) is 62.0 Å². The highest BCUT2D eigenvalue weighted by Gasteiger charge is 2.20. The molecule has 6 rings (SSSR count). The van der Waals surface area contributed by atoms with Gasteiger partial charge in [0, 0.05) is 11.1 Å². The lowest BCUT2D eigenvalue weighted by molar-refractivity contribution is 1.52. The van der Waals surface area contributed by atoms with Gasteiger partial charge in [0.15, 0.2) is 0 Å². The Morgan fingerprint density at radius 2 is 1.14 bits per heavy atom. The maximum Gasteiger partial charge on any atom is 0.0776 e. The Kier molecular flexibility index (Phi) is 5.71. The van der Waals surface area contributed by atoms with Crippen molar-refractivity contribution in [1.82, 2.24) is 0 Å². The van der Waals surface area contributed by atoms with Crippen LogP contribution in [-0.4, -0.2) is 8.07 Å². The molecule has 0 nitrogen and oxygen atoms in total. The van der Waals surface area contributed by atoms with Gasteiger partial charge in [0.05, 0.1) is 8.07 Å². The van der Waals surface area contributed by atoms with E-state index in [1.54, 1.807) is 0 Å². The summed E-state index contributed by atoms with van der Waals surface area (Å²) in [5, 5.41) is 8.92. The predicted octanol–water partition coefficient (Wildman–Crippen LogP) is 9.07. The van der Waals surface area contributed by atoms with Gasteiger partial charge in [0.1, 0.15) is 0 Å². The molecule has 0 aromatic heterocycles. The van der Waals surface area contributed by atoms with Crippen LogP contribution in [0.15, 0.2) is 109 Å². The molecule has 178 valence electrons. The fourth-order valence-corrected chi connectivity index (χ4v) is 6.54. The molecule has 0 bridgehead atoms. The average Bonchev–Trinajstić information content (AvgIpc) is 2.92. The fourth-order valence-electron chi connectivity index (χ4n) is 5.38. The smallest absolute Gasteiger partial charge is 0.0656 e. The van der Waals surface area contributed by atoms with Crippen LogP contribution in [0.1, 0.15) is 16.7 Å². The van der Waals surface area contributed by atoms with Gasteiger partial charge in [-0.15, -0.1) is 0 Å². The molecule has 0 unspecified atom stereocenters. The lowest BCUT2D eigenvalue weighted by Crippen LogP contribution is -2.37. The van der Waals surface area contributed by atoms with Crippen molar-refractivity contribution in [2.75, 3.05) is 0 Å². The molecule has 0 saturated carbocycles. The third-order valence-electron chi connectivity index (χ3n) is 7.42. The Hall–Kier alpha value is -4.12. The zero-order valence-corrected chi connectivity index (χ0v) is 22.9. The van der Waals surface area contributed by atoms with E-state index < -0.39 is 8.07 Å². The Labute approximate surface area is 220 Å². The third-order valence-corrected chi connectivity index (χ3v) is 9.46. The van der Waals surface area contributed by atoms with Gasteiger partial charge in [-0.2, -0.15) is 0 Å². The van der Waals surface area contributed by atoms with Gasteiger partial charge in [-0.25, -0.2) is 0 Å². The molecular weight excluding hydrogens is 460 g/mol. The second-order valence-electron chi connectivity index (χ2n) is 10.9. The number of hydrogen-bond donors (Lipinski definition) is 0. The first-order valence-electron chi connectivity index (χ1n) is 13.0. The monoisotopic (exact) mass is 490 g/mol.